The summed E-state index contributed by atoms with van der Waals surface area (Å²) in [6.07, 6.45) is 2.00. The summed E-state index contributed by atoms with van der Waals surface area (Å²) in [7, 11) is -7.22. The van der Waals surface area contributed by atoms with Crippen LogP contribution < -0.4 is 13.1 Å². The molecule has 0 saturated carbocycles. The maximum Gasteiger partial charge on any atom is 0.306 e. The number of benzene rings is 4. The van der Waals surface area contributed by atoms with Crippen molar-refractivity contribution in [2.45, 2.75) is 0 Å². The fourth-order valence-corrected chi connectivity index (χ4v) is 4.30. The third kappa shape index (κ3) is 7.08. The second-order valence-electron chi connectivity index (χ2n) is 7.78. The minimum Gasteiger partial charge on any atom is -0.457 e. The van der Waals surface area contributed by atoms with Crippen LogP contribution in [0.5, 0.6) is 23.0 Å². The summed E-state index contributed by atoms with van der Waals surface area (Å²) in [5, 5.41) is 0. The van der Waals surface area contributed by atoms with E-state index in [1.54, 1.807) is 36.4 Å². The van der Waals surface area contributed by atoms with Crippen molar-refractivity contribution < 1.29 is 29.9 Å². The summed E-state index contributed by atoms with van der Waals surface area (Å²) in [6.45, 7) is 0. The molecule has 0 aliphatic rings. The van der Waals surface area contributed by atoms with Gasteiger partial charge in [-0.25, -0.2) is 0 Å². The molecular weight excluding hydrogens is 488 g/mol. The van der Waals surface area contributed by atoms with E-state index in [2.05, 4.69) is 0 Å². The first-order valence-electron chi connectivity index (χ1n) is 10.4. The van der Waals surface area contributed by atoms with Crippen LogP contribution in [0, 0.1) is 0 Å². The van der Waals surface area contributed by atoms with Crippen LogP contribution >= 0.6 is 0 Å². The highest BCUT2D eigenvalue weighted by molar-refractivity contribution is 7.86. The quantitative estimate of drug-likeness (QED) is 0.289. The molecule has 0 spiro atoms. The number of hydrogen-bond acceptors (Lipinski definition) is 7. The lowest BCUT2D eigenvalue weighted by atomic mass is 10.0. The van der Waals surface area contributed by atoms with Gasteiger partial charge in [0.2, 0.25) is 0 Å². The van der Waals surface area contributed by atoms with E-state index in [1.807, 2.05) is 60.7 Å². The molecule has 4 aromatic rings. The van der Waals surface area contributed by atoms with Crippen LogP contribution in [-0.4, -0.2) is 29.3 Å². The Labute approximate surface area is 204 Å². The maximum atomic E-state index is 11.4. The Balaban J connectivity index is 1.51. The molecule has 0 saturated heterocycles. The van der Waals surface area contributed by atoms with Crippen molar-refractivity contribution in [3.63, 3.8) is 0 Å². The Morgan fingerprint density at radius 1 is 0.457 bits per heavy atom. The lowest BCUT2D eigenvalue weighted by molar-refractivity contribution is 0.483. The minimum atomic E-state index is -3.62. The van der Waals surface area contributed by atoms with E-state index in [4.69, 9.17) is 13.1 Å². The normalized spacial score (nSPS) is 11.6. The van der Waals surface area contributed by atoms with Gasteiger partial charge in [0.25, 0.3) is 0 Å². The van der Waals surface area contributed by atoms with Crippen molar-refractivity contribution in [1.82, 2.24) is 0 Å². The van der Waals surface area contributed by atoms with Crippen LogP contribution in [0.25, 0.3) is 22.3 Å². The predicted molar refractivity (Wildman–Crippen MR) is 135 cm³/mol. The summed E-state index contributed by atoms with van der Waals surface area (Å²) < 4.78 is 61.5. The molecule has 9 heteroatoms. The summed E-state index contributed by atoms with van der Waals surface area (Å²) >= 11 is 0. The van der Waals surface area contributed by atoms with E-state index < -0.39 is 20.2 Å². The zero-order valence-corrected chi connectivity index (χ0v) is 20.5. The number of rotatable bonds is 8. The largest absolute Gasteiger partial charge is 0.457 e. The van der Waals surface area contributed by atoms with Crippen molar-refractivity contribution in [3.8, 4) is 45.3 Å². The predicted octanol–water partition coefficient (Wildman–Crippen LogP) is 5.49. The highest BCUT2D eigenvalue weighted by Crippen LogP contribution is 2.31. The Morgan fingerprint density at radius 3 is 1.31 bits per heavy atom. The van der Waals surface area contributed by atoms with Crippen LogP contribution in [0.15, 0.2) is 97.1 Å². The van der Waals surface area contributed by atoms with E-state index in [1.165, 1.54) is 0 Å². The molecule has 0 radical (unpaired) electrons. The fraction of sp³-hybridized carbons (Fsp3) is 0.0769. The van der Waals surface area contributed by atoms with E-state index >= 15 is 0 Å². The van der Waals surface area contributed by atoms with Gasteiger partial charge in [0.15, 0.2) is 0 Å². The van der Waals surface area contributed by atoms with Gasteiger partial charge in [0.1, 0.15) is 23.0 Å². The van der Waals surface area contributed by atoms with Crippen LogP contribution in [-0.2, 0) is 20.2 Å². The Hall–Kier alpha value is -3.82. The molecule has 0 N–H and O–H groups in total. The molecule has 0 bridgehead atoms. The van der Waals surface area contributed by atoms with Crippen LogP contribution in [0.1, 0.15) is 0 Å². The van der Waals surface area contributed by atoms with Crippen LogP contribution in [0.4, 0.5) is 0 Å². The summed E-state index contributed by atoms with van der Waals surface area (Å²) in [4.78, 5) is 0. The molecule has 0 aliphatic carbocycles. The maximum absolute atomic E-state index is 11.4. The van der Waals surface area contributed by atoms with Gasteiger partial charge in [-0.1, -0.05) is 48.5 Å². The van der Waals surface area contributed by atoms with E-state index in [-0.39, 0.29) is 11.5 Å². The average Bonchev–Trinajstić information content (AvgIpc) is 2.78. The first-order valence-corrected chi connectivity index (χ1v) is 14.1. The van der Waals surface area contributed by atoms with Crippen molar-refractivity contribution in [1.29, 1.82) is 0 Å². The minimum absolute atomic E-state index is 0.234. The Morgan fingerprint density at radius 2 is 0.857 bits per heavy atom. The summed E-state index contributed by atoms with van der Waals surface area (Å²) in [6, 6.07) is 28.4. The van der Waals surface area contributed by atoms with Gasteiger partial charge >= 0.3 is 20.2 Å². The van der Waals surface area contributed by atoms with Gasteiger partial charge in [0, 0.05) is 0 Å². The van der Waals surface area contributed by atoms with E-state index in [0.717, 1.165) is 34.8 Å². The van der Waals surface area contributed by atoms with Gasteiger partial charge in [-0.05, 0) is 70.8 Å². The zero-order valence-electron chi connectivity index (χ0n) is 18.9. The first-order chi connectivity index (χ1) is 16.5. The molecule has 0 fully saturated rings. The second-order valence-corrected chi connectivity index (χ2v) is 10.9. The van der Waals surface area contributed by atoms with Gasteiger partial charge in [-0.15, -0.1) is 0 Å². The fourth-order valence-electron chi connectivity index (χ4n) is 3.40. The molecule has 180 valence electrons. The monoisotopic (exact) mass is 510 g/mol. The summed E-state index contributed by atoms with van der Waals surface area (Å²) in [5.41, 5.74) is 3.28. The Kier molecular flexibility index (Phi) is 6.81. The Bertz CT molecular complexity index is 1560. The molecule has 0 unspecified atom stereocenters. The molecule has 0 heterocycles. The standard InChI is InChI=1S/C26H22O7S2/c1-34(27,28)32-25-10-4-6-20(17-25)19-12-14-23(15-13-19)31-24-9-3-7-21(16-24)22-8-5-11-26(18-22)33-35(2,29)30/h3-18H,1-2H3. The van der Waals surface area contributed by atoms with Gasteiger partial charge < -0.3 is 13.1 Å². The van der Waals surface area contributed by atoms with Gasteiger partial charge in [-0.2, -0.15) is 16.8 Å². The molecular formula is C26H22O7S2. The highest BCUT2D eigenvalue weighted by Gasteiger charge is 2.09. The second kappa shape index (κ2) is 9.81. The molecule has 35 heavy (non-hydrogen) atoms. The van der Waals surface area contributed by atoms with Gasteiger partial charge in [0.05, 0.1) is 12.5 Å². The van der Waals surface area contributed by atoms with Crippen LogP contribution in [0.3, 0.4) is 0 Å². The number of ether oxygens (including phenoxy) is 1. The third-order valence-corrected chi connectivity index (χ3v) is 5.74. The lowest BCUT2D eigenvalue weighted by Gasteiger charge is -2.10. The van der Waals surface area contributed by atoms with Gasteiger partial charge in [-0.3, -0.25) is 0 Å². The molecule has 0 atom stereocenters. The van der Waals surface area contributed by atoms with E-state index in [9.17, 15) is 16.8 Å². The van der Waals surface area contributed by atoms with Crippen molar-refractivity contribution in [3.05, 3.63) is 97.1 Å². The van der Waals surface area contributed by atoms with Crippen molar-refractivity contribution in [2.75, 3.05) is 12.5 Å². The molecule has 0 aliphatic heterocycles. The van der Waals surface area contributed by atoms with E-state index in [0.29, 0.717) is 11.5 Å². The molecule has 4 aromatic carbocycles. The third-order valence-electron chi connectivity index (χ3n) is 4.75. The lowest BCUT2D eigenvalue weighted by Crippen LogP contribution is -2.05. The highest BCUT2D eigenvalue weighted by atomic mass is 32.2. The van der Waals surface area contributed by atoms with Crippen LogP contribution in [0.2, 0.25) is 0 Å². The first kappa shape index (κ1) is 24.3. The zero-order chi connectivity index (χ0) is 25.1. The molecule has 0 aromatic heterocycles. The summed E-state index contributed by atoms with van der Waals surface area (Å²) in [5.74, 6) is 1.70. The number of hydrogen-bond donors (Lipinski definition) is 0. The molecule has 4 rings (SSSR count). The molecule has 7 nitrogen and oxygen atoms in total. The van der Waals surface area contributed by atoms with Crippen molar-refractivity contribution >= 4 is 20.2 Å². The topological polar surface area (TPSA) is 96.0 Å². The average molecular weight is 511 g/mol. The SMILES string of the molecule is CS(=O)(=O)Oc1cccc(-c2ccc(Oc3cccc(-c4cccc(OS(C)(=O)=O)c4)c3)cc2)c1. The smallest absolute Gasteiger partial charge is 0.306 e. The molecule has 0 amide bonds. The van der Waals surface area contributed by atoms with Crippen molar-refractivity contribution in [2.24, 2.45) is 0 Å².